The number of nitrogens with one attached hydrogen (secondary N) is 1. The number of rotatable bonds is 5. The van der Waals surface area contributed by atoms with Crippen molar-refractivity contribution in [3.8, 4) is 0 Å². The number of nitrogens with zero attached hydrogens (tertiary/aromatic N) is 2. The first kappa shape index (κ1) is 15.2. The number of hydrogen-bond acceptors (Lipinski definition) is 5. The predicted octanol–water partition coefficient (Wildman–Crippen LogP) is 1.31. The Hall–Kier alpha value is -1.18. The van der Waals surface area contributed by atoms with Crippen LogP contribution < -0.4 is 5.32 Å². The molecule has 0 spiro atoms. The highest BCUT2D eigenvalue weighted by Crippen LogP contribution is 2.23. The molecule has 7 heteroatoms. The van der Waals surface area contributed by atoms with Crippen LogP contribution in [0.25, 0.3) is 0 Å². The largest absolute Gasteiger partial charge is 0.377 e. The maximum Gasteiger partial charge on any atom is 0.243 e. The Morgan fingerprint density at radius 2 is 2.35 bits per heavy atom. The summed E-state index contributed by atoms with van der Waals surface area (Å²) in [5, 5.41) is 2.85. The lowest BCUT2D eigenvalue weighted by molar-refractivity contribution is 0.0265. The first-order valence-corrected chi connectivity index (χ1v) is 8.27. The molecule has 2 rings (SSSR count). The van der Waals surface area contributed by atoms with Gasteiger partial charge in [-0.2, -0.15) is 4.31 Å². The van der Waals surface area contributed by atoms with Crippen LogP contribution in [0, 0.1) is 0 Å². The van der Waals surface area contributed by atoms with E-state index >= 15 is 0 Å². The standard InChI is InChI=1S/C13H21N3O3S/c1-3-19-11-5-4-8-16(10-11)20(17,18)12-6-7-15-13(9-12)14-2/h6-7,9,11H,3-5,8,10H2,1-2H3,(H,14,15). The van der Waals surface area contributed by atoms with Gasteiger partial charge in [0.1, 0.15) is 5.82 Å². The van der Waals surface area contributed by atoms with Crippen molar-refractivity contribution in [1.29, 1.82) is 0 Å². The van der Waals surface area contributed by atoms with E-state index in [9.17, 15) is 8.42 Å². The molecule has 1 unspecified atom stereocenters. The quantitative estimate of drug-likeness (QED) is 0.887. The molecule has 2 heterocycles. The Bertz CT molecular complexity index is 546. The second-order valence-electron chi connectivity index (χ2n) is 4.71. The Morgan fingerprint density at radius 1 is 1.55 bits per heavy atom. The molecule has 1 aromatic heterocycles. The zero-order chi connectivity index (χ0) is 14.6. The van der Waals surface area contributed by atoms with Gasteiger partial charge < -0.3 is 10.1 Å². The number of ether oxygens (including phenoxy) is 1. The van der Waals surface area contributed by atoms with E-state index in [-0.39, 0.29) is 11.0 Å². The van der Waals surface area contributed by atoms with E-state index in [2.05, 4.69) is 10.3 Å². The van der Waals surface area contributed by atoms with Crippen molar-refractivity contribution in [1.82, 2.24) is 9.29 Å². The molecule has 0 saturated carbocycles. The molecule has 0 amide bonds. The van der Waals surface area contributed by atoms with Gasteiger partial charge in [-0.15, -0.1) is 0 Å². The van der Waals surface area contributed by atoms with Crippen molar-refractivity contribution in [3.63, 3.8) is 0 Å². The minimum absolute atomic E-state index is 0.00543. The summed E-state index contributed by atoms with van der Waals surface area (Å²) in [7, 11) is -1.76. The van der Waals surface area contributed by atoms with E-state index in [0.29, 0.717) is 25.5 Å². The number of piperidine rings is 1. The minimum atomic E-state index is -3.47. The number of pyridine rings is 1. The van der Waals surface area contributed by atoms with Gasteiger partial charge in [0.05, 0.1) is 11.0 Å². The summed E-state index contributed by atoms with van der Waals surface area (Å²) in [4.78, 5) is 4.31. The molecule has 1 aliphatic rings. The summed E-state index contributed by atoms with van der Waals surface area (Å²) in [6.45, 7) is 3.50. The van der Waals surface area contributed by atoms with E-state index in [1.807, 2.05) is 6.92 Å². The van der Waals surface area contributed by atoms with E-state index < -0.39 is 10.0 Å². The fraction of sp³-hybridized carbons (Fsp3) is 0.615. The second-order valence-corrected chi connectivity index (χ2v) is 6.65. The van der Waals surface area contributed by atoms with Crippen molar-refractivity contribution in [3.05, 3.63) is 18.3 Å². The van der Waals surface area contributed by atoms with Crippen LogP contribution in [0.2, 0.25) is 0 Å². The normalized spacial score (nSPS) is 20.8. The van der Waals surface area contributed by atoms with Crippen LogP contribution in [0.4, 0.5) is 5.82 Å². The van der Waals surface area contributed by atoms with Gasteiger partial charge in [0.25, 0.3) is 0 Å². The van der Waals surface area contributed by atoms with Gasteiger partial charge in [-0.25, -0.2) is 13.4 Å². The van der Waals surface area contributed by atoms with Crippen molar-refractivity contribution < 1.29 is 13.2 Å². The predicted molar refractivity (Wildman–Crippen MR) is 77.2 cm³/mol. The zero-order valence-electron chi connectivity index (χ0n) is 11.9. The minimum Gasteiger partial charge on any atom is -0.377 e. The van der Waals surface area contributed by atoms with Crippen LogP contribution >= 0.6 is 0 Å². The molecule has 1 saturated heterocycles. The molecule has 112 valence electrons. The molecule has 1 atom stereocenters. The molecular weight excluding hydrogens is 278 g/mol. The SMILES string of the molecule is CCOC1CCCN(S(=O)(=O)c2ccnc(NC)c2)C1. The number of hydrogen-bond donors (Lipinski definition) is 1. The third-order valence-corrected chi connectivity index (χ3v) is 5.23. The molecule has 1 N–H and O–H groups in total. The third kappa shape index (κ3) is 3.28. The zero-order valence-corrected chi connectivity index (χ0v) is 12.7. The lowest BCUT2D eigenvalue weighted by Gasteiger charge is -2.31. The first-order valence-electron chi connectivity index (χ1n) is 6.83. The lowest BCUT2D eigenvalue weighted by atomic mass is 10.1. The molecule has 0 aromatic carbocycles. The van der Waals surface area contributed by atoms with Crippen LogP contribution in [0.1, 0.15) is 19.8 Å². The van der Waals surface area contributed by atoms with Gasteiger partial charge in [-0.1, -0.05) is 0 Å². The monoisotopic (exact) mass is 299 g/mol. The molecule has 20 heavy (non-hydrogen) atoms. The second kappa shape index (κ2) is 6.51. The Balaban J connectivity index is 2.20. The van der Waals surface area contributed by atoms with Gasteiger partial charge in [-0.3, -0.25) is 0 Å². The number of anilines is 1. The molecule has 6 nitrogen and oxygen atoms in total. The van der Waals surface area contributed by atoms with Gasteiger partial charge in [-0.05, 0) is 25.8 Å². The summed E-state index contributed by atoms with van der Waals surface area (Å²) in [6, 6.07) is 3.08. The van der Waals surface area contributed by atoms with Gasteiger partial charge in [0.2, 0.25) is 10.0 Å². The molecule has 0 radical (unpaired) electrons. The average molecular weight is 299 g/mol. The van der Waals surface area contributed by atoms with Crippen LogP contribution in [-0.2, 0) is 14.8 Å². The highest BCUT2D eigenvalue weighted by Gasteiger charge is 2.30. The molecule has 1 aliphatic heterocycles. The van der Waals surface area contributed by atoms with Crippen molar-refractivity contribution in [2.45, 2.75) is 30.8 Å². The van der Waals surface area contributed by atoms with E-state index in [4.69, 9.17) is 4.74 Å². The van der Waals surface area contributed by atoms with Crippen molar-refractivity contribution in [2.24, 2.45) is 0 Å². The van der Waals surface area contributed by atoms with E-state index in [0.717, 1.165) is 12.8 Å². The highest BCUT2D eigenvalue weighted by molar-refractivity contribution is 7.89. The maximum atomic E-state index is 12.6. The highest BCUT2D eigenvalue weighted by atomic mass is 32.2. The molecule has 1 fully saturated rings. The molecular formula is C13H21N3O3S. The summed E-state index contributed by atoms with van der Waals surface area (Å²) in [5.41, 5.74) is 0. The average Bonchev–Trinajstić information content (AvgIpc) is 2.48. The maximum absolute atomic E-state index is 12.6. The van der Waals surface area contributed by atoms with Crippen molar-refractivity contribution in [2.75, 3.05) is 32.1 Å². The Labute approximate surface area is 120 Å². The van der Waals surface area contributed by atoms with E-state index in [1.54, 1.807) is 13.1 Å². The lowest BCUT2D eigenvalue weighted by Crippen LogP contribution is -2.43. The molecule has 1 aromatic rings. The fourth-order valence-corrected chi connectivity index (χ4v) is 3.88. The topological polar surface area (TPSA) is 71.5 Å². The van der Waals surface area contributed by atoms with E-state index in [1.165, 1.54) is 16.6 Å². The first-order chi connectivity index (χ1) is 9.57. The van der Waals surface area contributed by atoms with Gasteiger partial charge in [0.15, 0.2) is 0 Å². The van der Waals surface area contributed by atoms with Crippen LogP contribution in [0.5, 0.6) is 0 Å². The number of aromatic nitrogens is 1. The van der Waals surface area contributed by atoms with Crippen molar-refractivity contribution >= 4 is 15.8 Å². The van der Waals surface area contributed by atoms with Gasteiger partial charge >= 0.3 is 0 Å². The molecule has 0 aliphatic carbocycles. The molecule has 0 bridgehead atoms. The fourth-order valence-electron chi connectivity index (χ4n) is 2.35. The summed E-state index contributed by atoms with van der Waals surface area (Å²) in [6.07, 6.45) is 3.24. The number of sulfonamides is 1. The smallest absolute Gasteiger partial charge is 0.243 e. The third-order valence-electron chi connectivity index (χ3n) is 3.37. The van der Waals surface area contributed by atoms with Gasteiger partial charge in [0, 0.05) is 39.0 Å². The Kier molecular flexibility index (Phi) is 4.95. The summed E-state index contributed by atoms with van der Waals surface area (Å²) in [5.74, 6) is 0.546. The summed E-state index contributed by atoms with van der Waals surface area (Å²) >= 11 is 0. The van der Waals surface area contributed by atoms with Crippen LogP contribution in [0.15, 0.2) is 23.2 Å². The summed E-state index contributed by atoms with van der Waals surface area (Å²) < 4.78 is 32.3. The van der Waals surface area contributed by atoms with Crippen LogP contribution in [-0.4, -0.2) is 50.6 Å². The van der Waals surface area contributed by atoms with Crippen LogP contribution in [0.3, 0.4) is 0 Å². The Morgan fingerprint density at radius 3 is 3.05 bits per heavy atom.